The summed E-state index contributed by atoms with van der Waals surface area (Å²) in [6.07, 6.45) is 5.03. The Kier molecular flexibility index (Phi) is 7.00. The molecule has 2 aromatic rings. The first-order chi connectivity index (χ1) is 13.9. The lowest BCUT2D eigenvalue weighted by Crippen LogP contribution is -2.43. The van der Waals surface area contributed by atoms with E-state index >= 15 is 0 Å². The van der Waals surface area contributed by atoms with Crippen molar-refractivity contribution in [2.24, 2.45) is 5.92 Å². The number of benzene rings is 1. The van der Waals surface area contributed by atoms with Crippen LogP contribution in [0.4, 0.5) is 0 Å². The minimum atomic E-state index is -0.249. The molecule has 1 saturated heterocycles. The van der Waals surface area contributed by atoms with Crippen LogP contribution < -0.4 is 0 Å². The molecular weight excluding hydrogens is 386 g/mol. The predicted octanol–water partition coefficient (Wildman–Crippen LogP) is 3.77. The number of imidazole rings is 1. The molecule has 156 valence electrons. The van der Waals surface area contributed by atoms with Gasteiger partial charge in [0.2, 0.25) is 5.91 Å². The van der Waals surface area contributed by atoms with Gasteiger partial charge in [-0.25, -0.2) is 4.98 Å². The number of carbonyl (C=O) groups is 2. The Bertz CT molecular complexity index is 872. The van der Waals surface area contributed by atoms with Crippen molar-refractivity contribution in [2.75, 3.05) is 19.7 Å². The molecule has 6 nitrogen and oxygen atoms in total. The maximum absolute atomic E-state index is 12.9. The number of piperidine rings is 1. The van der Waals surface area contributed by atoms with E-state index in [1.165, 1.54) is 22.9 Å². The van der Waals surface area contributed by atoms with Crippen molar-refractivity contribution in [1.29, 1.82) is 0 Å². The van der Waals surface area contributed by atoms with Gasteiger partial charge >= 0.3 is 5.97 Å². The average Bonchev–Trinajstić information content (AvgIpc) is 3.15. The van der Waals surface area contributed by atoms with E-state index < -0.39 is 0 Å². The largest absolute Gasteiger partial charge is 0.466 e. The number of carbonyl (C=O) groups excluding carboxylic acids is 2. The first-order valence-electron chi connectivity index (χ1n) is 10.1. The number of hydrogen-bond acceptors (Lipinski definition) is 5. The Balaban J connectivity index is 1.63. The number of ether oxygens (including phenoxy) is 1. The maximum Gasteiger partial charge on any atom is 0.309 e. The summed E-state index contributed by atoms with van der Waals surface area (Å²) >= 11 is 1.47. The van der Waals surface area contributed by atoms with Crippen LogP contribution in [0.3, 0.4) is 0 Å². The van der Waals surface area contributed by atoms with Gasteiger partial charge < -0.3 is 9.64 Å². The van der Waals surface area contributed by atoms with Gasteiger partial charge in [0.1, 0.15) is 0 Å². The highest BCUT2D eigenvalue weighted by Crippen LogP contribution is 2.28. The molecule has 1 unspecified atom stereocenters. The summed E-state index contributed by atoms with van der Waals surface area (Å²) in [4.78, 5) is 31.2. The second-order valence-electron chi connectivity index (χ2n) is 7.48. The summed E-state index contributed by atoms with van der Waals surface area (Å²) < 4.78 is 7.15. The van der Waals surface area contributed by atoms with E-state index in [0.717, 1.165) is 10.8 Å². The van der Waals surface area contributed by atoms with Crippen molar-refractivity contribution >= 4 is 23.6 Å². The van der Waals surface area contributed by atoms with Gasteiger partial charge in [0.15, 0.2) is 5.16 Å². The van der Waals surface area contributed by atoms with Crippen LogP contribution in [0, 0.1) is 19.8 Å². The maximum atomic E-state index is 12.9. The highest BCUT2D eigenvalue weighted by Gasteiger charge is 2.30. The van der Waals surface area contributed by atoms with Crippen molar-refractivity contribution < 1.29 is 14.3 Å². The van der Waals surface area contributed by atoms with Gasteiger partial charge in [0.05, 0.1) is 23.5 Å². The summed E-state index contributed by atoms with van der Waals surface area (Å²) in [5.74, 6) is -0.143. The Morgan fingerprint density at radius 2 is 2.00 bits per heavy atom. The minimum Gasteiger partial charge on any atom is -0.466 e. The second-order valence-corrected chi connectivity index (χ2v) is 8.79. The molecule has 1 aliphatic rings. The van der Waals surface area contributed by atoms with Gasteiger partial charge in [-0.2, -0.15) is 0 Å². The van der Waals surface area contributed by atoms with Crippen LogP contribution in [0.1, 0.15) is 37.8 Å². The van der Waals surface area contributed by atoms with Crippen LogP contribution in [0.15, 0.2) is 35.7 Å². The highest BCUT2D eigenvalue weighted by atomic mass is 32.2. The fraction of sp³-hybridized carbons (Fsp3) is 0.500. The minimum absolute atomic E-state index is 0.0903. The first kappa shape index (κ1) is 21.4. The van der Waals surface area contributed by atoms with Crippen molar-refractivity contribution in [2.45, 2.75) is 50.9 Å². The molecule has 0 radical (unpaired) electrons. The summed E-state index contributed by atoms with van der Waals surface area (Å²) in [6, 6.07) is 6.31. The number of aryl methyl sites for hydroxylation is 2. The molecule has 0 aliphatic carbocycles. The van der Waals surface area contributed by atoms with Crippen molar-refractivity contribution in [3.63, 3.8) is 0 Å². The molecule has 29 heavy (non-hydrogen) atoms. The molecule has 7 heteroatoms. The monoisotopic (exact) mass is 415 g/mol. The van der Waals surface area contributed by atoms with Crippen molar-refractivity contribution in [3.05, 3.63) is 41.7 Å². The average molecular weight is 416 g/mol. The lowest BCUT2D eigenvalue weighted by Gasteiger charge is -2.32. The smallest absolute Gasteiger partial charge is 0.309 e. The number of hydrogen-bond donors (Lipinski definition) is 0. The molecule has 1 atom stereocenters. The van der Waals surface area contributed by atoms with Crippen LogP contribution in [0.5, 0.6) is 0 Å². The molecule has 1 aromatic carbocycles. The molecule has 1 aromatic heterocycles. The number of amides is 1. The molecule has 3 rings (SSSR count). The molecule has 1 amide bonds. The predicted molar refractivity (Wildman–Crippen MR) is 114 cm³/mol. The topological polar surface area (TPSA) is 64.4 Å². The van der Waals surface area contributed by atoms with Crippen LogP contribution in [0.25, 0.3) is 5.69 Å². The normalized spacial score (nSPS) is 15.9. The van der Waals surface area contributed by atoms with Gasteiger partial charge in [-0.15, -0.1) is 0 Å². The fourth-order valence-corrected chi connectivity index (χ4v) is 4.66. The Morgan fingerprint density at radius 3 is 2.66 bits per heavy atom. The van der Waals surface area contributed by atoms with Gasteiger partial charge in [0, 0.05) is 25.5 Å². The third kappa shape index (κ3) is 5.01. The van der Waals surface area contributed by atoms with E-state index in [-0.39, 0.29) is 23.0 Å². The SMILES string of the molecule is CCOC(=O)C1CCN(C(=O)C(C)Sc2nccn2-c2ccc(C)cc2C)CC1. The van der Waals surface area contributed by atoms with Gasteiger partial charge in [-0.3, -0.25) is 14.2 Å². The zero-order valence-electron chi connectivity index (χ0n) is 17.6. The Labute approximate surface area is 176 Å². The van der Waals surface area contributed by atoms with E-state index in [9.17, 15) is 9.59 Å². The van der Waals surface area contributed by atoms with E-state index in [1.54, 1.807) is 6.20 Å². The zero-order chi connectivity index (χ0) is 21.0. The summed E-state index contributed by atoms with van der Waals surface area (Å²) in [5.41, 5.74) is 3.46. The van der Waals surface area contributed by atoms with Crippen molar-refractivity contribution in [3.8, 4) is 5.69 Å². The second kappa shape index (κ2) is 9.48. The number of nitrogens with zero attached hydrogens (tertiary/aromatic N) is 3. The summed E-state index contributed by atoms with van der Waals surface area (Å²) in [6.45, 7) is 9.49. The van der Waals surface area contributed by atoms with E-state index in [0.29, 0.717) is 32.5 Å². The zero-order valence-corrected chi connectivity index (χ0v) is 18.4. The molecule has 1 fully saturated rings. The molecule has 0 saturated carbocycles. The quantitative estimate of drug-likeness (QED) is 0.531. The number of rotatable bonds is 6. The molecule has 1 aliphatic heterocycles. The highest BCUT2D eigenvalue weighted by molar-refractivity contribution is 8.00. The number of likely N-dealkylation sites (tertiary alicyclic amines) is 1. The fourth-order valence-electron chi connectivity index (χ4n) is 3.70. The van der Waals surface area contributed by atoms with Gasteiger partial charge in [0.25, 0.3) is 0 Å². The Morgan fingerprint density at radius 1 is 1.28 bits per heavy atom. The standard InChI is InChI=1S/C22H29N3O3S/c1-5-28-21(27)18-8-11-24(12-9-18)20(26)17(4)29-22-23-10-13-25(22)19-7-6-15(2)14-16(19)3/h6-7,10,13-14,17-18H,5,8-9,11-12H2,1-4H3. The third-order valence-electron chi connectivity index (χ3n) is 5.28. The summed E-state index contributed by atoms with van der Waals surface area (Å²) in [5, 5.41) is 0.556. The summed E-state index contributed by atoms with van der Waals surface area (Å²) in [7, 11) is 0. The molecule has 0 spiro atoms. The van der Waals surface area contributed by atoms with E-state index in [4.69, 9.17) is 4.74 Å². The van der Waals surface area contributed by atoms with E-state index in [1.807, 2.05) is 29.5 Å². The number of aromatic nitrogens is 2. The lowest BCUT2D eigenvalue weighted by atomic mass is 9.97. The molecular formula is C22H29N3O3S. The number of thioether (sulfide) groups is 1. The number of esters is 1. The lowest BCUT2D eigenvalue weighted by molar-refractivity contribution is -0.151. The van der Waals surface area contributed by atoms with Gasteiger partial charge in [-0.1, -0.05) is 29.5 Å². The van der Waals surface area contributed by atoms with Gasteiger partial charge in [-0.05, 0) is 52.2 Å². The van der Waals surface area contributed by atoms with Crippen LogP contribution >= 0.6 is 11.8 Å². The molecule has 2 heterocycles. The van der Waals surface area contributed by atoms with E-state index in [2.05, 4.69) is 37.0 Å². The third-order valence-corrected chi connectivity index (χ3v) is 6.34. The van der Waals surface area contributed by atoms with Crippen molar-refractivity contribution in [1.82, 2.24) is 14.5 Å². The van der Waals surface area contributed by atoms with Crippen LogP contribution in [0.2, 0.25) is 0 Å². The molecule has 0 N–H and O–H groups in total. The first-order valence-corrected chi connectivity index (χ1v) is 11.0. The molecule has 0 bridgehead atoms. The Hall–Kier alpha value is -2.28. The van der Waals surface area contributed by atoms with Crippen LogP contribution in [-0.4, -0.2) is 51.3 Å². The van der Waals surface area contributed by atoms with Crippen LogP contribution in [-0.2, 0) is 14.3 Å².